The summed E-state index contributed by atoms with van der Waals surface area (Å²) in [4.78, 5) is 6.97. The fourth-order valence-electron chi connectivity index (χ4n) is 1.59. The van der Waals surface area contributed by atoms with Crippen LogP contribution in [0.25, 0.3) is 20.0 Å². The van der Waals surface area contributed by atoms with E-state index in [4.69, 9.17) is 0 Å². The summed E-state index contributed by atoms with van der Waals surface area (Å²) in [6, 6.07) is 12.7. The van der Waals surface area contributed by atoms with Crippen molar-refractivity contribution in [1.82, 2.24) is 4.98 Å². The maximum absolute atomic E-state index is 4.50. The van der Waals surface area contributed by atoms with E-state index >= 15 is 0 Å². The van der Waals surface area contributed by atoms with Crippen molar-refractivity contribution < 1.29 is 0 Å². The van der Waals surface area contributed by atoms with Gasteiger partial charge in [-0.05, 0) is 18.6 Å². The van der Waals surface area contributed by atoms with Gasteiger partial charge in [0.2, 0.25) is 0 Å². The highest BCUT2D eigenvalue weighted by molar-refractivity contribution is 7.28. The molecule has 1 aromatic carbocycles. The van der Waals surface area contributed by atoms with Gasteiger partial charge in [0.1, 0.15) is 4.83 Å². The molecule has 2 heterocycles. The fourth-order valence-corrected chi connectivity index (χ4v) is 3.71. The number of thiophene rings is 1. The third-order valence-corrected chi connectivity index (χ3v) is 4.38. The van der Waals surface area contributed by atoms with E-state index in [1.165, 1.54) is 15.1 Å². The SMILES string of the molecule is Cc1nc2sc(-c3ccccc3)cc2s1. The Balaban J connectivity index is 2.16. The smallest absolute Gasteiger partial charge is 0.135 e. The van der Waals surface area contributed by atoms with Crippen molar-refractivity contribution >= 4 is 32.2 Å². The van der Waals surface area contributed by atoms with Crippen molar-refractivity contribution in [3.8, 4) is 10.4 Å². The molecule has 0 unspecified atom stereocenters. The number of aryl methyl sites for hydroxylation is 1. The molecule has 0 aliphatic carbocycles. The molecule has 0 saturated heterocycles. The maximum atomic E-state index is 4.50. The van der Waals surface area contributed by atoms with Crippen molar-refractivity contribution in [3.63, 3.8) is 0 Å². The Morgan fingerprint density at radius 1 is 1.07 bits per heavy atom. The fraction of sp³-hybridized carbons (Fsp3) is 0.0833. The highest BCUT2D eigenvalue weighted by Crippen LogP contribution is 2.35. The molecule has 0 aliphatic heterocycles. The molecule has 0 N–H and O–H groups in total. The van der Waals surface area contributed by atoms with Gasteiger partial charge in [0.05, 0.1) is 9.71 Å². The zero-order chi connectivity index (χ0) is 10.3. The lowest BCUT2D eigenvalue weighted by atomic mass is 10.2. The molecule has 74 valence electrons. The van der Waals surface area contributed by atoms with Crippen LogP contribution in [0.3, 0.4) is 0 Å². The normalized spacial score (nSPS) is 11.0. The number of fused-ring (bicyclic) bond motifs is 1. The highest BCUT2D eigenvalue weighted by atomic mass is 32.1. The molecule has 3 rings (SSSR count). The summed E-state index contributed by atoms with van der Waals surface area (Å²) >= 11 is 3.54. The molecule has 0 spiro atoms. The molecule has 0 fully saturated rings. The third kappa shape index (κ3) is 1.58. The van der Waals surface area contributed by atoms with Crippen molar-refractivity contribution in [3.05, 3.63) is 41.4 Å². The molecular weight excluding hydrogens is 222 g/mol. The van der Waals surface area contributed by atoms with Crippen LogP contribution in [0, 0.1) is 6.92 Å². The Labute approximate surface area is 96.0 Å². The maximum Gasteiger partial charge on any atom is 0.135 e. The number of aromatic nitrogens is 1. The minimum atomic E-state index is 1.15. The lowest BCUT2D eigenvalue weighted by Gasteiger charge is -1.93. The van der Waals surface area contributed by atoms with E-state index in [0.29, 0.717) is 0 Å². The van der Waals surface area contributed by atoms with Gasteiger partial charge in [0, 0.05) is 4.88 Å². The topological polar surface area (TPSA) is 12.9 Å². The van der Waals surface area contributed by atoms with Crippen molar-refractivity contribution in [2.45, 2.75) is 6.92 Å². The van der Waals surface area contributed by atoms with Crippen LogP contribution in [0.5, 0.6) is 0 Å². The monoisotopic (exact) mass is 231 g/mol. The molecule has 0 bridgehead atoms. The highest BCUT2D eigenvalue weighted by Gasteiger charge is 2.07. The van der Waals surface area contributed by atoms with E-state index in [2.05, 4.69) is 42.2 Å². The van der Waals surface area contributed by atoms with Crippen molar-refractivity contribution in [1.29, 1.82) is 0 Å². The van der Waals surface area contributed by atoms with Crippen molar-refractivity contribution in [2.75, 3.05) is 0 Å². The number of hydrogen-bond acceptors (Lipinski definition) is 3. The molecule has 3 aromatic rings. The summed E-state index contributed by atoms with van der Waals surface area (Å²) in [6.45, 7) is 2.06. The van der Waals surface area contributed by atoms with Gasteiger partial charge in [-0.3, -0.25) is 0 Å². The van der Waals surface area contributed by atoms with E-state index in [-0.39, 0.29) is 0 Å². The zero-order valence-electron chi connectivity index (χ0n) is 8.23. The number of nitrogens with zero attached hydrogens (tertiary/aromatic N) is 1. The predicted octanol–water partition coefficient (Wildman–Crippen LogP) is 4.33. The molecule has 3 heteroatoms. The van der Waals surface area contributed by atoms with Crippen LogP contribution >= 0.6 is 22.7 Å². The summed E-state index contributed by atoms with van der Waals surface area (Å²) in [5.41, 5.74) is 1.28. The predicted molar refractivity (Wildman–Crippen MR) is 67.7 cm³/mol. The Kier molecular flexibility index (Phi) is 2.08. The molecule has 0 amide bonds. The molecule has 0 saturated carbocycles. The first-order valence-corrected chi connectivity index (χ1v) is 6.38. The minimum absolute atomic E-state index is 1.15. The first kappa shape index (κ1) is 9.07. The van der Waals surface area contributed by atoms with Gasteiger partial charge in [0.25, 0.3) is 0 Å². The summed E-state index contributed by atoms with van der Waals surface area (Å²) < 4.78 is 1.30. The Bertz CT molecular complexity index is 561. The van der Waals surface area contributed by atoms with Gasteiger partial charge in [-0.1, -0.05) is 30.3 Å². The van der Waals surface area contributed by atoms with Crippen LogP contribution in [-0.2, 0) is 0 Å². The van der Waals surface area contributed by atoms with E-state index in [9.17, 15) is 0 Å². The van der Waals surface area contributed by atoms with Gasteiger partial charge in [0.15, 0.2) is 0 Å². The molecule has 1 nitrogen and oxygen atoms in total. The van der Waals surface area contributed by atoms with E-state index in [0.717, 1.165) is 9.84 Å². The van der Waals surface area contributed by atoms with Gasteiger partial charge >= 0.3 is 0 Å². The summed E-state index contributed by atoms with van der Waals surface area (Å²) in [7, 11) is 0. The Morgan fingerprint density at radius 3 is 2.60 bits per heavy atom. The first-order chi connectivity index (χ1) is 7.33. The third-order valence-electron chi connectivity index (χ3n) is 2.25. The van der Waals surface area contributed by atoms with Gasteiger partial charge in [-0.2, -0.15) is 0 Å². The Morgan fingerprint density at radius 2 is 1.87 bits per heavy atom. The average molecular weight is 231 g/mol. The standard InChI is InChI=1S/C12H9NS2/c1-8-13-12-11(14-8)7-10(15-12)9-5-3-2-4-6-9/h2-7H,1H3. The lowest BCUT2D eigenvalue weighted by Crippen LogP contribution is -1.68. The van der Waals surface area contributed by atoms with Crippen LogP contribution in [0.4, 0.5) is 0 Å². The van der Waals surface area contributed by atoms with Crippen LogP contribution < -0.4 is 0 Å². The second-order valence-electron chi connectivity index (χ2n) is 3.38. The lowest BCUT2D eigenvalue weighted by molar-refractivity contribution is 1.36. The summed E-state index contributed by atoms with van der Waals surface area (Å²) in [5.74, 6) is 0. The number of hydrogen-bond donors (Lipinski definition) is 0. The van der Waals surface area contributed by atoms with E-state index in [1.54, 1.807) is 22.7 Å². The molecule has 0 aliphatic rings. The molecular formula is C12H9NS2. The average Bonchev–Trinajstić information content (AvgIpc) is 2.76. The second kappa shape index (κ2) is 3.43. The second-order valence-corrected chi connectivity index (χ2v) is 5.64. The Hall–Kier alpha value is -1.19. The summed E-state index contributed by atoms with van der Waals surface area (Å²) in [6.07, 6.45) is 0. The van der Waals surface area contributed by atoms with Crippen molar-refractivity contribution in [2.24, 2.45) is 0 Å². The number of thiazole rings is 1. The number of benzene rings is 1. The van der Waals surface area contributed by atoms with Crippen LogP contribution in [0.15, 0.2) is 36.4 Å². The molecule has 0 atom stereocenters. The quantitative estimate of drug-likeness (QED) is 0.607. The van der Waals surface area contributed by atoms with Crippen LogP contribution in [0.2, 0.25) is 0 Å². The van der Waals surface area contributed by atoms with E-state index < -0.39 is 0 Å². The first-order valence-electron chi connectivity index (χ1n) is 4.75. The minimum Gasteiger partial charge on any atom is -0.231 e. The van der Waals surface area contributed by atoms with Crippen LogP contribution in [0.1, 0.15) is 5.01 Å². The number of rotatable bonds is 1. The van der Waals surface area contributed by atoms with Crippen LogP contribution in [-0.4, -0.2) is 4.98 Å². The molecule has 2 aromatic heterocycles. The summed E-state index contributed by atoms with van der Waals surface area (Å²) in [5, 5.41) is 1.15. The molecule has 15 heavy (non-hydrogen) atoms. The molecule has 0 radical (unpaired) electrons. The van der Waals surface area contributed by atoms with Gasteiger partial charge in [-0.15, -0.1) is 22.7 Å². The van der Waals surface area contributed by atoms with Gasteiger partial charge in [-0.25, -0.2) is 4.98 Å². The van der Waals surface area contributed by atoms with E-state index in [1.807, 2.05) is 6.07 Å². The zero-order valence-corrected chi connectivity index (χ0v) is 9.86. The van der Waals surface area contributed by atoms with Gasteiger partial charge < -0.3 is 0 Å². The largest absolute Gasteiger partial charge is 0.231 e.